The van der Waals surface area contributed by atoms with Crippen molar-refractivity contribution in [2.75, 3.05) is 11.9 Å². The van der Waals surface area contributed by atoms with Gasteiger partial charge in [-0.15, -0.1) is 11.3 Å². The van der Waals surface area contributed by atoms with Crippen molar-refractivity contribution in [3.05, 3.63) is 11.6 Å². The third kappa shape index (κ3) is 2.38. The molecule has 1 heterocycles. The standard InChI is InChI=1S/C6H9N3OS2/c1-2-9(11)6(10)8-5-7-3-4-12-5/h3-4,11H,2H2,1H3,(H,7,8,10). The maximum Gasteiger partial charge on any atom is 0.333 e. The summed E-state index contributed by atoms with van der Waals surface area (Å²) in [5.41, 5.74) is 0. The van der Waals surface area contributed by atoms with E-state index in [1.54, 1.807) is 11.6 Å². The Hall–Kier alpha value is -0.750. The highest BCUT2D eigenvalue weighted by atomic mass is 32.1. The van der Waals surface area contributed by atoms with Gasteiger partial charge in [0, 0.05) is 18.1 Å². The van der Waals surface area contributed by atoms with Crippen molar-refractivity contribution in [2.24, 2.45) is 0 Å². The molecule has 0 aliphatic carbocycles. The fourth-order valence-electron chi connectivity index (χ4n) is 0.585. The van der Waals surface area contributed by atoms with Crippen LogP contribution in [0.3, 0.4) is 0 Å². The van der Waals surface area contributed by atoms with Gasteiger partial charge in [0.25, 0.3) is 0 Å². The van der Waals surface area contributed by atoms with E-state index in [1.165, 1.54) is 15.6 Å². The van der Waals surface area contributed by atoms with E-state index in [-0.39, 0.29) is 6.03 Å². The Balaban J connectivity index is 2.47. The molecule has 1 rings (SSSR count). The molecular weight excluding hydrogens is 194 g/mol. The molecule has 12 heavy (non-hydrogen) atoms. The number of thiol groups is 1. The van der Waals surface area contributed by atoms with E-state index in [9.17, 15) is 4.79 Å². The van der Waals surface area contributed by atoms with Crippen LogP contribution in [0.25, 0.3) is 0 Å². The highest BCUT2D eigenvalue weighted by Crippen LogP contribution is 2.11. The lowest BCUT2D eigenvalue weighted by Crippen LogP contribution is -2.26. The van der Waals surface area contributed by atoms with Gasteiger partial charge >= 0.3 is 6.03 Å². The number of urea groups is 1. The van der Waals surface area contributed by atoms with Crippen molar-refractivity contribution in [1.29, 1.82) is 0 Å². The lowest BCUT2D eigenvalue weighted by Gasteiger charge is -2.11. The van der Waals surface area contributed by atoms with Crippen molar-refractivity contribution in [2.45, 2.75) is 6.92 Å². The largest absolute Gasteiger partial charge is 0.333 e. The monoisotopic (exact) mass is 203 g/mol. The lowest BCUT2D eigenvalue weighted by atomic mass is 10.7. The number of amides is 2. The molecule has 0 aromatic carbocycles. The maximum absolute atomic E-state index is 11.1. The maximum atomic E-state index is 11.1. The minimum atomic E-state index is -0.254. The number of carbonyl (C=O) groups excluding carboxylic acids is 1. The number of anilines is 1. The number of hydrogen-bond acceptors (Lipinski definition) is 4. The van der Waals surface area contributed by atoms with Crippen molar-refractivity contribution in [1.82, 2.24) is 9.29 Å². The van der Waals surface area contributed by atoms with E-state index >= 15 is 0 Å². The van der Waals surface area contributed by atoms with Crippen LogP contribution in [0.15, 0.2) is 11.6 Å². The van der Waals surface area contributed by atoms with Gasteiger partial charge in [0.05, 0.1) is 0 Å². The lowest BCUT2D eigenvalue weighted by molar-refractivity contribution is 0.240. The molecule has 1 N–H and O–H groups in total. The zero-order valence-electron chi connectivity index (χ0n) is 6.52. The summed E-state index contributed by atoms with van der Waals surface area (Å²) in [7, 11) is 0. The molecule has 6 heteroatoms. The second-order valence-electron chi connectivity index (χ2n) is 1.98. The summed E-state index contributed by atoms with van der Waals surface area (Å²) < 4.78 is 1.28. The fourth-order valence-corrected chi connectivity index (χ4v) is 1.15. The SMILES string of the molecule is CCN(S)C(=O)Nc1nccs1. The van der Waals surface area contributed by atoms with Crippen LogP contribution in [0.4, 0.5) is 9.93 Å². The van der Waals surface area contributed by atoms with E-state index in [2.05, 4.69) is 23.1 Å². The van der Waals surface area contributed by atoms with Crippen LogP contribution in [-0.2, 0) is 0 Å². The second kappa shape index (κ2) is 4.32. The molecule has 1 aromatic rings. The first-order valence-corrected chi connectivity index (χ1v) is 4.69. The summed E-state index contributed by atoms with van der Waals surface area (Å²) in [4.78, 5) is 15.0. The van der Waals surface area contributed by atoms with Gasteiger partial charge < -0.3 is 0 Å². The molecule has 4 nitrogen and oxygen atoms in total. The van der Waals surface area contributed by atoms with Crippen LogP contribution in [0.5, 0.6) is 0 Å². The smallest absolute Gasteiger partial charge is 0.283 e. The molecule has 2 amide bonds. The number of nitrogens with zero attached hydrogens (tertiary/aromatic N) is 2. The predicted octanol–water partition coefficient (Wildman–Crippen LogP) is 1.84. The molecule has 0 bridgehead atoms. The number of aromatic nitrogens is 1. The molecule has 0 fully saturated rings. The number of thiazole rings is 1. The van der Waals surface area contributed by atoms with E-state index < -0.39 is 0 Å². The first-order valence-electron chi connectivity index (χ1n) is 3.41. The minimum Gasteiger partial charge on any atom is -0.283 e. The molecule has 0 saturated heterocycles. The van der Waals surface area contributed by atoms with Crippen molar-refractivity contribution in [3.63, 3.8) is 0 Å². The molecule has 0 atom stereocenters. The fraction of sp³-hybridized carbons (Fsp3) is 0.333. The Morgan fingerprint density at radius 2 is 2.67 bits per heavy atom. The van der Waals surface area contributed by atoms with Gasteiger partial charge in [-0.2, -0.15) is 0 Å². The van der Waals surface area contributed by atoms with Gasteiger partial charge in [0.15, 0.2) is 5.13 Å². The van der Waals surface area contributed by atoms with E-state index in [0.717, 1.165) is 0 Å². The summed E-state index contributed by atoms with van der Waals surface area (Å²) >= 11 is 5.31. The van der Waals surface area contributed by atoms with Crippen molar-refractivity contribution >= 4 is 35.3 Å². The molecule has 0 unspecified atom stereocenters. The Morgan fingerprint density at radius 1 is 1.92 bits per heavy atom. The number of rotatable bonds is 2. The Kier molecular flexibility index (Phi) is 3.36. The molecular formula is C6H9N3OS2. The van der Waals surface area contributed by atoms with Gasteiger partial charge in [0.1, 0.15) is 0 Å². The van der Waals surface area contributed by atoms with Crippen molar-refractivity contribution < 1.29 is 4.79 Å². The number of nitrogens with one attached hydrogen (secondary N) is 1. The van der Waals surface area contributed by atoms with E-state index in [1.807, 2.05) is 6.92 Å². The average Bonchev–Trinajstić information content (AvgIpc) is 2.55. The zero-order valence-corrected chi connectivity index (χ0v) is 8.23. The number of hydrogen-bond donors (Lipinski definition) is 2. The average molecular weight is 203 g/mol. The molecule has 66 valence electrons. The molecule has 0 spiro atoms. The molecule has 0 radical (unpaired) electrons. The summed E-state index contributed by atoms with van der Waals surface area (Å²) in [6.07, 6.45) is 1.63. The van der Waals surface area contributed by atoms with E-state index in [0.29, 0.717) is 11.7 Å². The third-order valence-corrected chi connectivity index (χ3v) is 2.33. The van der Waals surface area contributed by atoms with Crippen LogP contribution >= 0.6 is 24.2 Å². The molecule has 0 aliphatic heterocycles. The zero-order chi connectivity index (χ0) is 8.97. The Labute approximate surface area is 80.1 Å². The summed E-state index contributed by atoms with van der Waals surface area (Å²) in [5.74, 6) is 0. The quantitative estimate of drug-likeness (QED) is 0.720. The first kappa shape index (κ1) is 9.34. The second-order valence-corrected chi connectivity index (χ2v) is 3.36. The van der Waals surface area contributed by atoms with Crippen LogP contribution in [0.2, 0.25) is 0 Å². The Morgan fingerprint density at radius 3 is 3.17 bits per heavy atom. The summed E-state index contributed by atoms with van der Waals surface area (Å²) in [5, 5.41) is 4.98. The number of carbonyl (C=O) groups is 1. The predicted molar refractivity (Wildman–Crippen MR) is 52.5 cm³/mol. The van der Waals surface area contributed by atoms with Crippen LogP contribution in [-0.4, -0.2) is 21.9 Å². The minimum absolute atomic E-state index is 0.254. The third-order valence-electron chi connectivity index (χ3n) is 1.18. The van der Waals surface area contributed by atoms with Gasteiger partial charge in [0.2, 0.25) is 0 Å². The highest BCUT2D eigenvalue weighted by Gasteiger charge is 2.07. The molecule has 0 aliphatic rings. The van der Waals surface area contributed by atoms with Gasteiger partial charge in [-0.25, -0.2) is 9.78 Å². The Bertz CT molecular complexity index is 249. The summed E-state index contributed by atoms with van der Waals surface area (Å²) in [6.45, 7) is 2.40. The topological polar surface area (TPSA) is 45.2 Å². The molecule has 1 aromatic heterocycles. The molecule has 0 saturated carbocycles. The van der Waals surface area contributed by atoms with Gasteiger partial charge in [-0.3, -0.25) is 9.62 Å². The normalized spacial score (nSPS) is 9.50. The first-order chi connectivity index (χ1) is 5.74. The van der Waals surface area contributed by atoms with Crippen LogP contribution < -0.4 is 5.32 Å². The van der Waals surface area contributed by atoms with Crippen LogP contribution in [0, 0.1) is 0 Å². The van der Waals surface area contributed by atoms with E-state index in [4.69, 9.17) is 0 Å². The van der Waals surface area contributed by atoms with Gasteiger partial charge in [-0.05, 0) is 6.92 Å². The van der Waals surface area contributed by atoms with Gasteiger partial charge in [-0.1, -0.05) is 12.8 Å². The summed E-state index contributed by atoms with van der Waals surface area (Å²) in [6, 6.07) is -0.254. The highest BCUT2D eigenvalue weighted by molar-refractivity contribution is 7.78. The van der Waals surface area contributed by atoms with Crippen LogP contribution in [0.1, 0.15) is 6.92 Å². The van der Waals surface area contributed by atoms with Crippen molar-refractivity contribution in [3.8, 4) is 0 Å².